The maximum atomic E-state index is 12.0. The highest BCUT2D eigenvalue weighted by Gasteiger charge is 2.16. The summed E-state index contributed by atoms with van der Waals surface area (Å²) in [5.74, 6) is -0.486. The summed E-state index contributed by atoms with van der Waals surface area (Å²) >= 11 is 0. The molecule has 0 aliphatic carbocycles. The number of hydrogen-bond acceptors (Lipinski definition) is 5. The van der Waals surface area contributed by atoms with Crippen molar-refractivity contribution in [3.05, 3.63) is 48.0 Å². The highest BCUT2D eigenvalue weighted by molar-refractivity contribution is 5.87. The molecule has 9 heteroatoms. The van der Waals surface area contributed by atoms with Gasteiger partial charge in [-0.2, -0.15) is 0 Å². The summed E-state index contributed by atoms with van der Waals surface area (Å²) in [5.41, 5.74) is 0.348. The van der Waals surface area contributed by atoms with Gasteiger partial charge in [0.1, 0.15) is 5.60 Å². The Hall–Kier alpha value is -3.62. The van der Waals surface area contributed by atoms with E-state index in [4.69, 9.17) is 4.74 Å². The number of benzene rings is 2. The number of fused-ring (bicyclic) bond motifs is 1. The number of rotatable bonds is 8. The van der Waals surface area contributed by atoms with E-state index in [0.717, 1.165) is 16.3 Å². The lowest BCUT2D eigenvalue weighted by Gasteiger charge is -2.19. The summed E-state index contributed by atoms with van der Waals surface area (Å²) in [6, 6.07) is 13.9. The first kappa shape index (κ1) is 31.4. The predicted octanol–water partition coefficient (Wildman–Crippen LogP) is 3.80. The van der Waals surface area contributed by atoms with Crippen molar-refractivity contribution in [3.63, 3.8) is 0 Å². The first-order valence-electron chi connectivity index (χ1n) is 12.5. The van der Waals surface area contributed by atoms with E-state index in [-0.39, 0.29) is 42.8 Å². The summed E-state index contributed by atoms with van der Waals surface area (Å²) in [4.78, 5) is 46.0. The normalized spacial score (nSPS) is 11.0. The van der Waals surface area contributed by atoms with Crippen LogP contribution in [0.1, 0.15) is 66.9 Å². The summed E-state index contributed by atoms with van der Waals surface area (Å²) < 4.78 is 5.08. The van der Waals surface area contributed by atoms with Crippen molar-refractivity contribution >= 4 is 34.6 Å². The van der Waals surface area contributed by atoms with Crippen molar-refractivity contribution < 1.29 is 23.9 Å². The minimum Gasteiger partial charge on any atom is -0.444 e. The molecule has 37 heavy (non-hydrogen) atoms. The fraction of sp³-hybridized carbons (Fsp3) is 0.500. The van der Waals surface area contributed by atoms with Crippen LogP contribution in [0.2, 0.25) is 0 Å². The zero-order valence-corrected chi connectivity index (χ0v) is 23.1. The Balaban J connectivity index is 0.000000649. The van der Waals surface area contributed by atoms with Crippen LogP contribution in [-0.4, -0.2) is 48.0 Å². The molecule has 204 valence electrons. The standard InChI is InChI=1S/C21H27N3O4.C7H15NO/c1-21(2,3)28-20(27)22-12-11-18(25)24-14-19(26)23-13-16-9-6-8-15-7-4-5-10-17(15)16;1-5-6(9)8-7(2,3)4/h4-10H,11-14H2,1-3H3,(H,22,27)(H,23,26)(H,24,25);5H2,1-4H3,(H,8,9). The van der Waals surface area contributed by atoms with Gasteiger partial charge in [-0.15, -0.1) is 0 Å². The average molecular weight is 515 g/mol. The highest BCUT2D eigenvalue weighted by atomic mass is 16.6. The number of amides is 4. The van der Waals surface area contributed by atoms with Gasteiger partial charge in [-0.1, -0.05) is 49.4 Å². The van der Waals surface area contributed by atoms with Crippen LogP contribution in [0.3, 0.4) is 0 Å². The second-order valence-corrected chi connectivity index (χ2v) is 10.5. The van der Waals surface area contributed by atoms with Gasteiger partial charge < -0.3 is 26.0 Å². The molecule has 0 fully saturated rings. The molecule has 2 rings (SSSR count). The Morgan fingerprint density at radius 3 is 2.03 bits per heavy atom. The largest absolute Gasteiger partial charge is 0.444 e. The highest BCUT2D eigenvalue weighted by Crippen LogP contribution is 2.18. The van der Waals surface area contributed by atoms with Crippen LogP contribution in [0.5, 0.6) is 0 Å². The minimum atomic E-state index is -0.589. The maximum absolute atomic E-state index is 12.0. The van der Waals surface area contributed by atoms with Gasteiger partial charge in [0, 0.05) is 31.5 Å². The Morgan fingerprint density at radius 2 is 1.43 bits per heavy atom. The molecule has 0 unspecified atom stereocenters. The third-order valence-corrected chi connectivity index (χ3v) is 4.66. The zero-order valence-electron chi connectivity index (χ0n) is 23.1. The molecule has 4 amide bonds. The molecule has 2 aromatic rings. The first-order chi connectivity index (χ1) is 17.2. The molecule has 0 spiro atoms. The third kappa shape index (κ3) is 14.5. The number of ether oxygens (including phenoxy) is 1. The fourth-order valence-corrected chi connectivity index (χ4v) is 3.07. The van der Waals surface area contributed by atoms with E-state index in [0.29, 0.717) is 13.0 Å². The van der Waals surface area contributed by atoms with E-state index in [1.807, 2.05) is 70.2 Å². The number of carbonyl (C=O) groups is 4. The van der Waals surface area contributed by atoms with Crippen LogP contribution in [0.25, 0.3) is 10.8 Å². The number of alkyl carbamates (subject to hydrolysis) is 1. The molecule has 0 atom stereocenters. The van der Waals surface area contributed by atoms with Gasteiger partial charge in [0.2, 0.25) is 17.7 Å². The Bertz CT molecular complexity index is 1050. The summed E-state index contributed by atoms with van der Waals surface area (Å²) in [6.07, 6.45) is 0.0563. The monoisotopic (exact) mass is 514 g/mol. The Kier molecular flexibility index (Phi) is 12.6. The van der Waals surface area contributed by atoms with Crippen molar-refractivity contribution in [1.82, 2.24) is 21.3 Å². The lowest BCUT2D eigenvalue weighted by atomic mass is 10.0. The van der Waals surface area contributed by atoms with Crippen molar-refractivity contribution in [3.8, 4) is 0 Å². The van der Waals surface area contributed by atoms with Gasteiger partial charge in [-0.25, -0.2) is 4.79 Å². The van der Waals surface area contributed by atoms with E-state index in [9.17, 15) is 19.2 Å². The quantitative estimate of drug-likeness (QED) is 0.426. The molecule has 4 N–H and O–H groups in total. The maximum Gasteiger partial charge on any atom is 0.407 e. The number of carbonyl (C=O) groups excluding carboxylic acids is 4. The van der Waals surface area contributed by atoms with Crippen molar-refractivity contribution in [2.75, 3.05) is 13.1 Å². The van der Waals surface area contributed by atoms with E-state index in [1.54, 1.807) is 20.8 Å². The lowest BCUT2D eigenvalue weighted by molar-refractivity contribution is -0.126. The second-order valence-electron chi connectivity index (χ2n) is 10.5. The molecule has 2 aromatic carbocycles. The molecule has 0 bridgehead atoms. The molecule has 0 aliphatic rings. The third-order valence-electron chi connectivity index (χ3n) is 4.66. The molecule has 0 heterocycles. The molecule has 0 aliphatic heterocycles. The topological polar surface area (TPSA) is 126 Å². The van der Waals surface area contributed by atoms with Crippen molar-refractivity contribution in [2.24, 2.45) is 0 Å². The minimum absolute atomic E-state index is 0.0653. The molecular formula is C28H42N4O5. The molecule has 0 aromatic heterocycles. The van der Waals surface area contributed by atoms with Gasteiger partial charge in [-0.3, -0.25) is 14.4 Å². The summed E-state index contributed by atoms with van der Waals surface area (Å²) in [7, 11) is 0. The van der Waals surface area contributed by atoms with Gasteiger partial charge >= 0.3 is 6.09 Å². The molecular weight excluding hydrogens is 472 g/mol. The molecule has 0 radical (unpaired) electrons. The van der Waals surface area contributed by atoms with Crippen LogP contribution in [0, 0.1) is 0 Å². The van der Waals surface area contributed by atoms with E-state index in [1.165, 1.54) is 0 Å². The second kappa shape index (κ2) is 14.8. The van der Waals surface area contributed by atoms with Gasteiger partial charge in [0.05, 0.1) is 6.54 Å². The number of hydrogen-bond donors (Lipinski definition) is 4. The Labute approximate surface area is 220 Å². The molecule has 9 nitrogen and oxygen atoms in total. The molecule has 0 saturated heterocycles. The smallest absolute Gasteiger partial charge is 0.407 e. The first-order valence-corrected chi connectivity index (χ1v) is 12.5. The van der Waals surface area contributed by atoms with Crippen LogP contribution in [0.4, 0.5) is 4.79 Å². The van der Waals surface area contributed by atoms with E-state index >= 15 is 0 Å². The summed E-state index contributed by atoms with van der Waals surface area (Å²) in [5, 5.41) is 12.9. The van der Waals surface area contributed by atoms with Crippen molar-refractivity contribution in [2.45, 2.75) is 79.0 Å². The van der Waals surface area contributed by atoms with Crippen LogP contribution in [0.15, 0.2) is 42.5 Å². The number of nitrogens with one attached hydrogen (secondary N) is 4. The fourth-order valence-electron chi connectivity index (χ4n) is 3.07. The van der Waals surface area contributed by atoms with Gasteiger partial charge in [0.25, 0.3) is 0 Å². The SMILES string of the molecule is CC(C)(C)OC(=O)NCCC(=O)NCC(=O)NCc1cccc2ccccc12.CCC(=O)NC(C)(C)C. The predicted molar refractivity (Wildman–Crippen MR) is 146 cm³/mol. The summed E-state index contributed by atoms with van der Waals surface area (Å²) in [6.45, 7) is 13.5. The van der Waals surface area contributed by atoms with E-state index in [2.05, 4.69) is 21.3 Å². The van der Waals surface area contributed by atoms with Crippen LogP contribution in [-0.2, 0) is 25.7 Å². The average Bonchev–Trinajstić information content (AvgIpc) is 2.79. The van der Waals surface area contributed by atoms with Crippen LogP contribution < -0.4 is 21.3 Å². The van der Waals surface area contributed by atoms with Gasteiger partial charge in [-0.05, 0) is 57.9 Å². The molecule has 0 saturated carbocycles. The van der Waals surface area contributed by atoms with Crippen molar-refractivity contribution in [1.29, 1.82) is 0 Å². The van der Waals surface area contributed by atoms with Crippen LogP contribution >= 0.6 is 0 Å². The Morgan fingerprint density at radius 1 is 0.784 bits per heavy atom. The van der Waals surface area contributed by atoms with Gasteiger partial charge in [0.15, 0.2) is 0 Å². The lowest BCUT2D eigenvalue weighted by Crippen LogP contribution is -2.40. The zero-order chi connectivity index (χ0) is 28.1. The van der Waals surface area contributed by atoms with E-state index < -0.39 is 11.7 Å².